The van der Waals surface area contributed by atoms with Crippen molar-refractivity contribution >= 4 is 7.82 Å². The minimum atomic E-state index is -4.89. The smallest absolute Gasteiger partial charge is 1.00 e. The van der Waals surface area contributed by atoms with Gasteiger partial charge in [0, 0.05) is 0 Å². The summed E-state index contributed by atoms with van der Waals surface area (Å²) in [6, 6.07) is 0. The van der Waals surface area contributed by atoms with E-state index < -0.39 is 7.82 Å². The molecule has 0 aromatic rings. The van der Waals surface area contributed by atoms with Gasteiger partial charge in [0.2, 0.25) is 0 Å². The van der Waals surface area contributed by atoms with Gasteiger partial charge in [-0.3, -0.25) is 4.57 Å². The molecule has 0 bridgehead atoms. The van der Waals surface area contributed by atoms with E-state index in [0.29, 0.717) is 0 Å². The van der Waals surface area contributed by atoms with Crippen molar-refractivity contribution in [2.24, 2.45) is 0 Å². The van der Waals surface area contributed by atoms with Crippen LogP contribution in [0.15, 0.2) is 0 Å². The molecule has 0 aromatic heterocycles. The van der Waals surface area contributed by atoms with Crippen LogP contribution in [-0.2, 0) is 4.57 Å². The summed E-state index contributed by atoms with van der Waals surface area (Å²) in [6.07, 6.45) is 0. The van der Waals surface area contributed by atoms with E-state index >= 15 is 0 Å². The first-order valence-corrected chi connectivity index (χ1v) is 4.77. The van der Waals surface area contributed by atoms with Crippen LogP contribution in [0, 0.1) is 0 Å². The number of quaternary nitrogens is 1. The quantitative estimate of drug-likeness (QED) is 0.264. The zero-order chi connectivity index (χ0) is 10.4. The summed E-state index contributed by atoms with van der Waals surface area (Å²) in [6.45, 7) is 1.11. The predicted molar refractivity (Wildman–Crippen MR) is 42.0 cm³/mol. The fourth-order valence-electron chi connectivity index (χ4n) is 0.300. The van der Waals surface area contributed by atoms with E-state index in [0.717, 1.165) is 11.0 Å². The Hall–Kier alpha value is 1.96. The number of rotatable bonds is 2. The van der Waals surface area contributed by atoms with Crippen LogP contribution in [0.5, 0.6) is 0 Å². The average Bonchev–Trinajstić information content (AvgIpc) is 1.54. The van der Waals surface area contributed by atoms with Gasteiger partial charge in [-0.2, -0.15) is 0 Å². The van der Waals surface area contributed by atoms with E-state index in [9.17, 15) is 0 Å². The van der Waals surface area contributed by atoms with Gasteiger partial charge in [0.25, 0.3) is 7.82 Å². The van der Waals surface area contributed by atoms with E-state index in [1.165, 1.54) is 0 Å². The van der Waals surface area contributed by atoms with Gasteiger partial charge in [0.15, 0.2) is 0 Å². The third kappa shape index (κ3) is 66.0. The molecule has 0 saturated carbocycles. The van der Waals surface area contributed by atoms with Gasteiger partial charge in [-0.1, -0.05) is 0 Å². The molecular formula is C5H16ClKNO5P. The second-order valence-corrected chi connectivity index (χ2v) is 4.21. The van der Waals surface area contributed by atoms with Crippen molar-refractivity contribution in [3.05, 3.63) is 0 Å². The molecule has 0 radical (unpaired) electrons. The van der Waals surface area contributed by atoms with Crippen molar-refractivity contribution in [1.82, 2.24) is 0 Å². The van der Waals surface area contributed by atoms with E-state index in [1.807, 2.05) is 0 Å². The van der Waals surface area contributed by atoms with Crippen molar-refractivity contribution in [1.29, 1.82) is 0 Å². The number of aliphatic hydroxyl groups excluding tert-OH is 1. The fourth-order valence-corrected chi connectivity index (χ4v) is 0.300. The maximum absolute atomic E-state index is 8.77. The molecule has 9 heteroatoms. The number of hydrogen-bond acceptors (Lipinski definition) is 3. The van der Waals surface area contributed by atoms with E-state index in [2.05, 4.69) is 21.1 Å². The van der Waals surface area contributed by atoms with Crippen molar-refractivity contribution in [3.63, 3.8) is 0 Å². The predicted octanol–water partition coefficient (Wildman–Crippen LogP) is -7.87. The van der Waals surface area contributed by atoms with Crippen LogP contribution < -0.4 is 68.7 Å². The Morgan fingerprint density at radius 3 is 1.50 bits per heavy atom. The van der Waals surface area contributed by atoms with Crippen molar-refractivity contribution < 1.29 is 92.6 Å². The normalized spacial score (nSPS) is 10.2. The largest absolute Gasteiger partial charge is 1.00 e. The molecule has 0 saturated heterocycles. The van der Waals surface area contributed by atoms with Crippen molar-refractivity contribution in [2.45, 2.75) is 0 Å². The maximum Gasteiger partial charge on any atom is 1.00 e. The minimum Gasteiger partial charge on any atom is -1.00 e. The van der Waals surface area contributed by atoms with Gasteiger partial charge >= 0.3 is 51.4 Å². The molecule has 0 unspecified atom stereocenters. The molecule has 84 valence electrons. The Bertz CT molecular complexity index is 150. The number of nitrogens with zero attached hydrogens (tertiary/aromatic N) is 1. The van der Waals surface area contributed by atoms with Gasteiger partial charge in [-0.15, -0.1) is 0 Å². The van der Waals surface area contributed by atoms with Crippen molar-refractivity contribution in [3.8, 4) is 0 Å². The number of hydrogen-bond donors (Lipinski definition) is 3. The minimum absolute atomic E-state index is 0. The SMILES string of the molecule is C[N+](C)(C)CCO.O=P([O-])(O)O.[Cl-].[K+]. The summed E-state index contributed by atoms with van der Waals surface area (Å²) >= 11 is 0. The third-order valence-corrected chi connectivity index (χ3v) is 0.771. The molecule has 6 nitrogen and oxygen atoms in total. The molecule has 0 aliphatic carbocycles. The van der Waals surface area contributed by atoms with Crippen molar-refractivity contribution in [2.75, 3.05) is 34.3 Å². The van der Waals surface area contributed by atoms with E-state index in [4.69, 9.17) is 24.4 Å². The zero-order valence-corrected chi connectivity index (χ0v) is 13.6. The Balaban J connectivity index is -0.0000000651. The first kappa shape index (κ1) is 25.0. The molecule has 0 heterocycles. The van der Waals surface area contributed by atoms with Crippen LogP contribution in [0.3, 0.4) is 0 Å². The molecule has 0 aromatic carbocycles. The summed E-state index contributed by atoms with van der Waals surface area (Å²) in [5.41, 5.74) is 0. The first-order chi connectivity index (χ1) is 5.06. The monoisotopic (exact) mass is 275 g/mol. The second-order valence-electron chi connectivity index (χ2n) is 3.23. The standard InChI is InChI=1S/C5H14NO.ClH.K.H3O4P/c1-6(2,3)4-5-7;;;1-5(2,3)4/h7H,4-5H2,1-3H3;1H;;(H3,1,2,3,4)/q+1;;+1;/p-2. The zero-order valence-electron chi connectivity index (χ0n) is 8.84. The number of aliphatic hydroxyl groups is 1. The second kappa shape index (κ2) is 11.4. The summed E-state index contributed by atoms with van der Waals surface area (Å²) in [5, 5.41) is 8.39. The molecule has 0 aliphatic rings. The molecule has 0 rings (SSSR count). The summed E-state index contributed by atoms with van der Waals surface area (Å²) < 4.78 is 9.61. The van der Waals surface area contributed by atoms with E-state index in [-0.39, 0.29) is 70.4 Å². The molecule has 0 amide bonds. The molecular weight excluding hydrogens is 260 g/mol. The molecule has 3 N–H and O–H groups in total. The maximum atomic E-state index is 8.77. The Morgan fingerprint density at radius 1 is 1.29 bits per heavy atom. The molecule has 0 spiro atoms. The van der Waals surface area contributed by atoms with Crippen LogP contribution in [0.25, 0.3) is 0 Å². The van der Waals surface area contributed by atoms with Gasteiger partial charge in [0.05, 0.1) is 27.7 Å². The van der Waals surface area contributed by atoms with Crippen LogP contribution >= 0.6 is 7.82 Å². The first-order valence-electron chi connectivity index (χ1n) is 3.24. The third-order valence-electron chi connectivity index (χ3n) is 0.771. The summed E-state index contributed by atoms with van der Waals surface area (Å²) in [4.78, 5) is 22.9. The van der Waals surface area contributed by atoms with E-state index in [1.54, 1.807) is 0 Å². The van der Waals surface area contributed by atoms with Gasteiger partial charge in [-0.05, 0) is 0 Å². The fraction of sp³-hybridized carbons (Fsp3) is 1.00. The summed E-state index contributed by atoms with van der Waals surface area (Å²) in [7, 11) is 1.27. The van der Waals surface area contributed by atoms with Gasteiger partial charge in [0.1, 0.15) is 6.54 Å². The number of halogens is 1. The van der Waals surface area contributed by atoms with Crippen LogP contribution in [0.1, 0.15) is 0 Å². The number of likely N-dealkylation sites (N-methyl/N-ethyl adjacent to an activating group) is 1. The number of phosphoric acid groups is 1. The molecule has 0 atom stereocenters. The molecule has 0 aliphatic heterocycles. The molecule has 0 fully saturated rings. The Kier molecular flexibility index (Phi) is 20.4. The summed E-state index contributed by atoms with van der Waals surface area (Å²) in [5.74, 6) is 0. The van der Waals surface area contributed by atoms with Crippen LogP contribution in [0.2, 0.25) is 0 Å². The molecule has 14 heavy (non-hydrogen) atoms. The van der Waals surface area contributed by atoms with Crippen LogP contribution in [-0.4, -0.2) is 53.7 Å². The Labute approximate surface area is 133 Å². The Morgan fingerprint density at radius 2 is 1.50 bits per heavy atom. The van der Waals surface area contributed by atoms with Gasteiger partial charge in [-0.25, -0.2) is 0 Å². The topological polar surface area (TPSA) is 101 Å². The van der Waals surface area contributed by atoms with Gasteiger partial charge < -0.3 is 36.7 Å². The average molecular weight is 276 g/mol. The van der Waals surface area contributed by atoms with Crippen LogP contribution in [0.4, 0.5) is 0 Å².